The number of nitrogens with one attached hydrogen (secondary N) is 1. The first kappa shape index (κ1) is 13.0. The molecule has 0 bridgehead atoms. The molecule has 1 aromatic carbocycles. The fraction of sp³-hybridized carbons (Fsp3) is 0.538. The molecule has 4 heteroatoms. The van der Waals surface area contributed by atoms with Crippen molar-refractivity contribution in [2.24, 2.45) is 11.8 Å². The van der Waals surface area contributed by atoms with Crippen molar-refractivity contribution in [1.29, 1.82) is 0 Å². The lowest BCUT2D eigenvalue weighted by molar-refractivity contribution is 0.360. The van der Waals surface area contributed by atoms with Crippen LogP contribution in [0.25, 0.3) is 0 Å². The van der Waals surface area contributed by atoms with Gasteiger partial charge in [-0.05, 0) is 52.7 Å². The van der Waals surface area contributed by atoms with Gasteiger partial charge in [-0.25, -0.2) is 4.39 Å². The smallest absolute Gasteiger partial charge is 0.137 e. The van der Waals surface area contributed by atoms with E-state index in [2.05, 4.69) is 21.4 Å². The monoisotopic (exact) mass is 300 g/mol. The normalized spacial score (nSPS) is 18.5. The van der Waals surface area contributed by atoms with Gasteiger partial charge in [0.2, 0.25) is 0 Å². The summed E-state index contributed by atoms with van der Waals surface area (Å²) in [5.74, 6) is 6.05. The number of hydrazine groups is 1. The molecule has 2 nitrogen and oxygen atoms in total. The molecule has 0 aromatic heterocycles. The molecule has 0 amide bonds. The highest BCUT2D eigenvalue weighted by Crippen LogP contribution is 2.30. The summed E-state index contributed by atoms with van der Waals surface area (Å²) >= 11 is 3.30. The van der Waals surface area contributed by atoms with Crippen molar-refractivity contribution in [3.05, 3.63) is 34.1 Å². The molecule has 1 aliphatic rings. The summed E-state index contributed by atoms with van der Waals surface area (Å²) in [6, 6.07) is 5.41. The van der Waals surface area contributed by atoms with Gasteiger partial charge in [-0.1, -0.05) is 25.0 Å². The van der Waals surface area contributed by atoms with Crippen LogP contribution in [0.15, 0.2) is 22.7 Å². The van der Waals surface area contributed by atoms with Gasteiger partial charge in [0.15, 0.2) is 0 Å². The minimum Gasteiger partial charge on any atom is -0.271 e. The molecule has 1 aromatic rings. The number of nitrogens with two attached hydrogens (primary N) is 1. The average Bonchev–Trinajstić information content (AvgIpc) is 2.85. The molecule has 3 N–H and O–H groups in total. The van der Waals surface area contributed by atoms with E-state index in [4.69, 9.17) is 5.84 Å². The van der Waals surface area contributed by atoms with Crippen LogP contribution in [0.4, 0.5) is 4.39 Å². The van der Waals surface area contributed by atoms with Gasteiger partial charge >= 0.3 is 0 Å². The number of benzene rings is 1. The van der Waals surface area contributed by atoms with Crippen molar-refractivity contribution in [2.45, 2.75) is 38.1 Å². The predicted octanol–water partition coefficient (Wildman–Crippen LogP) is 3.15. The van der Waals surface area contributed by atoms with E-state index in [1.807, 2.05) is 6.07 Å². The van der Waals surface area contributed by atoms with Gasteiger partial charge in [0, 0.05) is 6.04 Å². The molecule has 0 spiro atoms. The lowest BCUT2D eigenvalue weighted by Crippen LogP contribution is -2.41. The molecule has 0 aliphatic heterocycles. The van der Waals surface area contributed by atoms with Crippen molar-refractivity contribution >= 4 is 15.9 Å². The number of hydrogen-bond acceptors (Lipinski definition) is 2. The summed E-state index contributed by atoms with van der Waals surface area (Å²) < 4.78 is 14.0. The van der Waals surface area contributed by atoms with Crippen molar-refractivity contribution in [3.8, 4) is 0 Å². The minimum absolute atomic E-state index is 0.204. The molecular weight excluding hydrogens is 283 g/mol. The first-order chi connectivity index (χ1) is 8.22. The molecule has 1 saturated carbocycles. The Bertz CT molecular complexity index is 378. The molecule has 2 rings (SSSR count). The van der Waals surface area contributed by atoms with Crippen LogP contribution in [0.1, 0.15) is 31.2 Å². The van der Waals surface area contributed by atoms with E-state index in [1.165, 1.54) is 31.7 Å². The van der Waals surface area contributed by atoms with Crippen LogP contribution >= 0.6 is 15.9 Å². The van der Waals surface area contributed by atoms with Crippen LogP contribution in [-0.2, 0) is 6.42 Å². The Balaban J connectivity index is 2.09. The van der Waals surface area contributed by atoms with Gasteiger partial charge in [0.1, 0.15) is 5.82 Å². The van der Waals surface area contributed by atoms with Gasteiger partial charge in [-0.2, -0.15) is 0 Å². The topological polar surface area (TPSA) is 38.0 Å². The Hall–Kier alpha value is -0.450. The van der Waals surface area contributed by atoms with Gasteiger partial charge in [0.25, 0.3) is 0 Å². The summed E-state index contributed by atoms with van der Waals surface area (Å²) in [5, 5.41) is 0. The van der Waals surface area contributed by atoms with Gasteiger partial charge in [0.05, 0.1) is 4.47 Å². The molecule has 1 fully saturated rings. The summed E-state index contributed by atoms with van der Waals surface area (Å²) in [7, 11) is 0. The van der Waals surface area contributed by atoms with E-state index < -0.39 is 0 Å². The minimum atomic E-state index is -0.204. The molecule has 1 atom stereocenters. The summed E-state index contributed by atoms with van der Waals surface area (Å²) in [6.45, 7) is 0. The standard InChI is InChI=1S/C13H18BrFN2/c14-13-10(6-3-7-11(13)15)8-12(17-16)9-4-1-2-5-9/h3,6-7,9,12,17H,1-2,4-5,8,16H2. The van der Waals surface area contributed by atoms with E-state index in [1.54, 1.807) is 6.07 Å². The fourth-order valence-corrected chi connectivity index (χ4v) is 3.09. The Morgan fingerprint density at radius 1 is 1.41 bits per heavy atom. The third-order valence-corrected chi connectivity index (χ3v) is 4.54. The molecule has 0 heterocycles. The molecule has 17 heavy (non-hydrogen) atoms. The fourth-order valence-electron chi connectivity index (χ4n) is 2.66. The second-order valence-corrected chi connectivity index (χ2v) is 5.53. The first-order valence-corrected chi connectivity index (χ1v) is 6.90. The van der Waals surface area contributed by atoms with Crippen LogP contribution < -0.4 is 11.3 Å². The van der Waals surface area contributed by atoms with Crippen LogP contribution in [0.5, 0.6) is 0 Å². The Morgan fingerprint density at radius 2 is 2.12 bits per heavy atom. The third kappa shape index (κ3) is 3.06. The maximum absolute atomic E-state index is 13.4. The molecule has 0 radical (unpaired) electrons. The third-order valence-electron chi connectivity index (χ3n) is 3.65. The Morgan fingerprint density at radius 3 is 2.76 bits per heavy atom. The number of rotatable bonds is 4. The summed E-state index contributed by atoms with van der Waals surface area (Å²) in [5.41, 5.74) is 3.88. The highest BCUT2D eigenvalue weighted by molar-refractivity contribution is 9.10. The van der Waals surface area contributed by atoms with E-state index in [0.29, 0.717) is 10.4 Å². The number of halogens is 2. The van der Waals surface area contributed by atoms with Crippen molar-refractivity contribution in [2.75, 3.05) is 0 Å². The molecule has 1 aliphatic carbocycles. The zero-order valence-corrected chi connectivity index (χ0v) is 11.3. The van der Waals surface area contributed by atoms with E-state index in [-0.39, 0.29) is 11.9 Å². The first-order valence-electron chi connectivity index (χ1n) is 6.11. The molecule has 94 valence electrons. The van der Waals surface area contributed by atoms with E-state index in [9.17, 15) is 4.39 Å². The lowest BCUT2D eigenvalue weighted by atomic mass is 9.93. The van der Waals surface area contributed by atoms with Gasteiger partial charge in [-0.3, -0.25) is 11.3 Å². The molecule has 1 unspecified atom stereocenters. The van der Waals surface area contributed by atoms with Crippen molar-refractivity contribution in [1.82, 2.24) is 5.43 Å². The highest BCUT2D eigenvalue weighted by atomic mass is 79.9. The van der Waals surface area contributed by atoms with Crippen LogP contribution in [0, 0.1) is 11.7 Å². The summed E-state index contributed by atoms with van der Waals surface area (Å²) in [4.78, 5) is 0. The van der Waals surface area contributed by atoms with Crippen molar-refractivity contribution < 1.29 is 4.39 Å². The highest BCUT2D eigenvalue weighted by Gasteiger charge is 2.25. The molecule has 0 saturated heterocycles. The molecular formula is C13H18BrFN2. The zero-order chi connectivity index (χ0) is 12.3. The quantitative estimate of drug-likeness (QED) is 0.662. The lowest BCUT2D eigenvalue weighted by Gasteiger charge is -2.23. The maximum Gasteiger partial charge on any atom is 0.137 e. The summed E-state index contributed by atoms with van der Waals surface area (Å²) in [6.07, 6.45) is 5.80. The SMILES string of the molecule is NNC(Cc1cccc(F)c1Br)C1CCCC1. The van der Waals surface area contributed by atoms with Crippen LogP contribution in [-0.4, -0.2) is 6.04 Å². The van der Waals surface area contributed by atoms with Crippen LogP contribution in [0.2, 0.25) is 0 Å². The Kier molecular flexibility index (Phi) is 4.54. The Labute approximate surface area is 110 Å². The average molecular weight is 301 g/mol. The number of hydrogen-bond donors (Lipinski definition) is 2. The van der Waals surface area contributed by atoms with Gasteiger partial charge < -0.3 is 0 Å². The second kappa shape index (κ2) is 5.94. The zero-order valence-electron chi connectivity index (χ0n) is 9.76. The largest absolute Gasteiger partial charge is 0.271 e. The van der Waals surface area contributed by atoms with E-state index >= 15 is 0 Å². The predicted molar refractivity (Wildman–Crippen MR) is 70.9 cm³/mol. The maximum atomic E-state index is 13.4. The van der Waals surface area contributed by atoms with Crippen LogP contribution in [0.3, 0.4) is 0 Å². The second-order valence-electron chi connectivity index (χ2n) is 4.73. The van der Waals surface area contributed by atoms with Gasteiger partial charge in [-0.15, -0.1) is 0 Å². The van der Waals surface area contributed by atoms with E-state index in [0.717, 1.165) is 12.0 Å². The van der Waals surface area contributed by atoms with Crippen molar-refractivity contribution in [3.63, 3.8) is 0 Å².